The standard InChI is InChI=1S/C22H16BrN3O6/c1-31-19-11-14(10-18(23)20(19)32-22(28)15-6-3-2-4-7-15)13-24-25-21(27)16-8-5-9-17(12-16)26(29)30/h2-13H,1H3,(H,25,27)/b24-13-. The SMILES string of the molecule is COc1cc(/C=N\NC(=O)c2cccc([N+](=O)[O-])c2)cc(Br)c1OC(=O)c1ccccc1. The van der Waals surface area contributed by atoms with Gasteiger partial charge in [0.1, 0.15) is 0 Å². The van der Waals surface area contributed by atoms with Crippen LogP contribution < -0.4 is 14.9 Å². The number of ether oxygens (including phenoxy) is 2. The van der Waals surface area contributed by atoms with Gasteiger partial charge in [-0.1, -0.05) is 24.3 Å². The fraction of sp³-hybridized carbons (Fsp3) is 0.0455. The number of methoxy groups -OCH3 is 1. The van der Waals surface area contributed by atoms with Crippen LogP contribution in [0.4, 0.5) is 5.69 Å². The average molecular weight is 498 g/mol. The molecule has 32 heavy (non-hydrogen) atoms. The van der Waals surface area contributed by atoms with E-state index in [1.807, 2.05) is 0 Å². The van der Waals surface area contributed by atoms with E-state index in [9.17, 15) is 19.7 Å². The molecule has 9 nitrogen and oxygen atoms in total. The van der Waals surface area contributed by atoms with Crippen molar-refractivity contribution in [2.45, 2.75) is 0 Å². The van der Waals surface area contributed by atoms with E-state index in [0.29, 0.717) is 15.6 Å². The number of benzene rings is 3. The molecule has 3 rings (SSSR count). The van der Waals surface area contributed by atoms with Crippen molar-refractivity contribution in [2.24, 2.45) is 5.10 Å². The van der Waals surface area contributed by atoms with Gasteiger partial charge in [-0.25, -0.2) is 10.2 Å². The van der Waals surface area contributed by atoms with Crippen LogP contribution in [-0.4, -0.2) is 30.1 Å². The van der Waals surface area contributed by atoms with Gasteiger partial charge in [0.2, 0.25) is 0 Å². The van der Waals surface area contributed by atoms with Gasteiger partial charge in [-0.05, 0) is 51.8 Å². The smallest absolute Gasteiger partial charge is 0.343 e. The predicted molar refractivity (Wildman–Crippen MR) is 120 cm³/mol. The Morgan fingerprint density at radius 2 is 1.78 bits per heavy atom. The zero-order valence-corrected chi connectivity index (χ0v) is 18.2. The van der Waals surface area contributed by atoms with Gasteiger partial charge in [0.25, 0.3) is 11.6 Å². The summed E-state index contributed by atoms with van der Waals surface area (Å²) in [6.07, 6.45) is 1.35. The number of rotatable bonds is 7. The van der Waals surface area contributed by atoms with Crippen LogP contribution in [0, 0.1) is 10.1 Å². The highest BCUT2D eigenvalue weighted by Gasteiger charge is 2.17. The summed E-state index contributed by atoms with van der Waals surface area (Å²) >= 11 is 3.35. The molecule has 0 aliphatic heterocycles. The first-order valence-electron chi connectivity index (χ1n) is 9.11. The first kappa shape index (κ1) is 22.6. The Kier molecular flexibility index (Phi) is 7.29. The van der Waals surface area contributed by atoms with Gasteiger partial charge in [-0.15, -0.1) is 0 Å². The summed E-state index contributed by atoms with van der Waals surface area (Å²) in [5.74, 6) is -0.686. The van der Waals surface area contributed by atoms with E-state index in [0.717, 1.165) is 6.07 Å². The Bertz CT molecular complexity index is 1200. The lowest BCUT2D eigenvalue weighted by Crippen LogP contribution is -2.17. The van der Waals surface area contributed by atoms with Crippen LogP contribution in [0.5, 0.6) is 11.5 Å². The molecule has 0 unspecified atom stereocenters. The summed E-state index contributed by atoms with van der Waals surface area (Å²) in [6.45, 7) is 0. The number of nitrogens with zero attached hydrogens (tertiary/aromatic N) is 2. The predicted octanol–water partition coefficient (Wildman–Crippen LogP) is 4.35. The molecule has 0 aliphatic carbocycles. The summed E-state index contributed by atoms with van der Waals surface area (Å²) in [5, 5.41) is 14.7. The topological polar surface area (TPSA) is 120 Å². The number of hydrazone groups is 1. The molecule has 0 heterocycles. The molecule has 0 radical (unpaired) electrons. The monoisotopic (exact) mass is 497 g/mol. The van der Waals surface area contributed by atoms with Crippen molar-refractivity contribution < 1.29 is 24.0 Å². The summed E-state index contributed by atoms with van der Waals surface area (Å²) in [5.41, 5.74) is 3.12. The van der Waals surface area contributed by atoms with Gasteiger partial charge >= 0.3 is 5.97 Å². The number of carbonyl (C=O) groups is 2. The zero-order valence-electron chi connectivity index (χ0n) is 16.7. The normalized spacial score (nSPS) is 10.6. The van der Waals surface area contributed by atoms with Gasteiger partial charge < -0.3 is 9.47 Å². The number of nitro benzene ring substituents is 1. The van der Waals surface area contributed by atoms with Gasteiger partial charge in [0.15, 0.2) is 11.5 Å². The van der Waals surface area contributed by atoms with Crippen molar-refractivity contribution >= 4 is 39.7 Å². The highest BCUT2D eigenvalue weighted by molar-refractivity contribution is 9.10. The largest absolute Gasteiger partial charge is 0.493 e. The van der Waals surface area contributed by atoms with E-state index >= 15 is 0 Å². The molecule has 0 atom stereocenters. The number of hydrogen-bond donors (Lipinski definition) is 1. The van der Waals surface area contributed by atoms with Crippen molar-refractivity contribution in [1.82, 2.24) is 5.43 Å². The minimum absolute atomic E-state index is 0.0956. The molecule has 0 bridgehead atoms. The maximum atomic E-state index is 12.4. The van der Waals surface area contributed by atoms with Crippen LogP contribution in [0.3, 0.4) is 0 Å². The highest BCUT2D eigenvalue weighted by atomic mass is 79.9. The maximum absolute atomic E-state index is 12.4. The molecule has 162 valence electrons. The first-order chi connectivity index (χ1) is 15.4. The number of carbonyl (C=O) groups excluding carboxylic acids is 2. The molecule has 3 aromatic carbocycles. The van der Waals surface area contributed by atoms with Gasteiger partial charge in [-0.3, -0.25) is 14.9 Å². The Labute approximate surface area is 190 Å². The van der Waals surface area contributed by atoms with Gasteiger partial charge in [0.05, 0.1) is 28.3 Å². The summed E-state index contributed by atoms with van der Waals surface area (Å²) in [6, 6.07) is 17.0. The molecule has 0 saturated heterocycles. The molecule has 1 amide bonds. The molecule has 0 saturated carbocycles. The number of nitrogens with one attached hydrogen (secondary N) is 1. The van der Waals surface area contributed by atoms with Gasteiger partial charge in [-0.2, -0.15) is 5.10 Å². The maximum Gasteiger partial charge on any atom is 0.343 e. The van der Waals surface area contributed by atoms with Crippen LogP contribution in [0.25, 0.3) is 0 Å². The van der Waals surface area contributed by atoms with Crippen molar-refractivity contribution in [3.05, 3.63) is 98.0 Å². The number of esters is 1. The van der Waals surface area contributed by atoms with Crippen molar-refractivity contribution in [3.8, 4) is 11.5 Å². The molecular formula is C22H16BrN3O6. The quantitative estimate of drug-likeness (QED) is 0.170. The van der Waals surface area contributed by atoms with E-state index in [-0.39, 0.29) is 22.7 Å². The average Bonchev–Trinajstić information content (AvgIpc) is 2.81. The van der Waals surface area contributed by atoms with Crippen LogP contribution in [0.1, 0.15) is 26.3 Å². The van der Waals surface area contributed by atoms with Crippen LogP contribution in [0.2, 0.25) is 0 Å². The number of halogens is 1. The van der Waals surface area contributed by atoms with E-state index in [2.05, 4.69) is 26.5 Å². The first-order valence-corrected chi connectivity index (χ1v) is 9.91. The molecule has 3 aromatic rings. The number of hydrogen-bond acceptors (Lipinski definition) is 7. The second kappa shape index (κ2) is 10.3. The summed E-state index contributed by atoms with van der Waals surface area (Å²) < 4.78 is 11.2. The minimum Gasteiger partial charge on any atom is -0.493 e. The lowest BCUT2D eigenvalue weighted by Gasteiger charge is -2.12. The van der Waals surface area contributed by atoms with E-state index in [1.54, 1.807) is 42.5 Å². The Morgan fingerprint density at radius 1 is 1.06 bits per heavy atom. The van der Waals surface area contributed by atoms with Gasteiger partial charge in [0, 0.05) is 17.7 Å². The third kappa shape index (κ3) is 5.55. The number of nitro groups is 1. The second-order valence-corrected chi connectivity index (χ2v) is 7.15. The van der Waals surface area contributed by atoms with Crippen LogP contribution in [0.15, 0.2) is 76.3 Å². The molecule has 10 heteroatoms. The Balaban J connectivity index is 1.73. The molecule has 0 spiro atoms. The molecule has 0 fully saturated rings. The number of amides is 1. The van der Waals surface area contributed by atoms with Crippen molar-refractivity contribution in [1.29, 1.82) is 0 Å². The molecule has 0 aromatic heterocycles. The van der Waals surface area contributed by atoms with Crippen LogP contribution >= 0.6 is 15.9 Å². The molecular weight excluding hydrogens is 482 g/mol. The van der Waals surface area contributed by atoms with E-state index < -0.39 is 16.8 Å². The van der Waals surface area contributed by atoms with E-state index in [4.69, 9.17) is 9.47 Å². The lowest BCUT2D eigenvalue weighted by molar-refractivity contribution is -0.384. The summed E-state index contributed by atoms with van der Waals surface area (Å²) in [4.78, 5) is 34.8. The van der Waals surface area contributed by atoms with Crippen molar-refractivity contribution in [3.63, 3.8) is 0 Å². The molecule has 0 aliphatic rings. The van der Waals surface area contributed by atoms with Crippen molar-refractivity contribution in [2.75, 3.05) is 7.11 Å². The highest BCUT2D eigenvalue weighted by Crippen LogP contribution is 2.36. The fourth-order valence-electron chi connectivity index (χ4n) is 2.63. The fourth-order valence-corrected chi connectivity index (χ4v) is 3.17. The third-order valence-corrected chi connectivity index (χ3v) is 4.74. The molecule has 1 N–H and O–H groups in total. The second-order valence-electron chi connectivity index (χ2n) is 6.30. The minimum atomic E-state index is -0.607. The summed E-state index contributed by atoms with van der Waals surface area (Å²) in [7, 11) is 1.42. The number of non-ortho nitro benzene ring substituents is 1. The zero-order chi connectivity index (χ0) is 23.1. The lowest BCUT2D eigenvalue weighted by atomic mass is 10.2. The van der Waals surface area contributed by atoms with Crippen LogP contribution in [-0.2, 0) is 0 Å². The Hall–Kier alpha value is -4.05. The third-order valence-electron chi connectivity index (χ3n) is 4.15. The van der Waals surface area contributed by atoms with E-state index in [1.165, 1.54) is 31.5 Å². The Morgan fingerprint density at radius 3 is 2.47 bits per heavy atom.